The highest BCUT2D eigenvalue weighted by atomic mass is 15.2. The minimum Gasteiger partial charge on any atom is -0.308 e. The SMILES string of the molecule is Cc1cc(C)c2nc(NN)c(CC3CCCCC3)cc2c1. The van der Waals surface area contributed by atoms with Crippen LogP contribution < -0.4 is 11.3 Å². The Hall–Kier alpha value is -1.61. The summed E-state index contributed by atoms with van der Waals surface area (Å²) in [6, 6.07) is 6.68. The highest BCUT2D eigenvalue weighted by Gasteiger charge is 2.17. The molecule has 0 amide bonds. The van der Waals surface area contributed by atoms with Gasteiger partial charge in [-0.1, -0.05) is 43.7 Å². The van der Waals surface area contributed by atoms with Crippen LogP contribution in [0.1, 0.15) is 48.8 Å². The Morgan fingerprint density at radius 3 is 2.62 bits per heavy atom. The van der Waals surface area contributed by atoms with E-state index in [4.69, 9.17) is 10.8 Å². The molecular formula is C18H25N3. The molecule has 0 atom stereocenters. The Morgan fingerprint density at radius 2 is 1.90 bits per heavy atom. The molecule has 2 aromatic rings. The molecular weight excluding hydrogens is 258 g/mol. The summed E-state index contributed by atoms with van der Waals surface area (Å²) in [5, 5.41) is 1.23. The van der Waals surface area contributed by atoms with E-state index in [1.165, 1.54) is 54.2 Å². The van der Waals surface area contributed by atoms with E-state index in [1.54, 1.807) is 0 Å². The van der Waals surface area contributed by atoms with Gasteiger partial charge in [-0.2, -0.15) is 0 Å². The summed E-state index contributed by atoms with van der Waals surface area (Å²) in [6.45, 7) is 4.26. The molecule has 1 heterocycles. The van der Waals surface area contributed by atoms with E-state index < -0.39 is 0 Å². The number of hydrazine groups is 1. The molecule has 1 aliphatic carbocycles. The number of benzene rings is 1. The van der Waals surface area contributed by atoms with Crippen LogP contribution in [0, 0.1) is 19.8 Å². The smallest absolute Gasteiger partial charge is 0.143 e. The van der Waals surface area contributed by atoms with Crippen molar-refractivity contribution in [3.8, 4) is 0 Å². The van der Waals surface area contributed by atoms with Crippen LogP contribution in [0.2, 0.25) is 0 Å². The maximum Gasteiger partial charge on any atom is 0.143 e. The predicted octanol–water partition coefficient (Wildman–Crippen LogP) is 4.26. The second kappa shape index (κ2) is 6.02. The summed E-state index contributed by atoms with van der Waals surface area (Å²) in [7, 11) is 0. The van der Waals surface area contributed by atoms with Crippen molar-refractivity contribution in [1.82, 2.24) is 4.98 Å². The normalized spacial score (nSPS) is 16.3. The molecule has 1 saturated carbocycles. The van der Waals surface area contributed by atoms with Crippen LogP contribution in [-0.4, -0.2) is 4.98 Å². The Bertz CT molecular complexity index is 642. The van der Waals surface area contributed by atoms with Crippen LogP contribution in [0.3, 0.4) is 0 Å². The molecule has 0 aliphatic heterocycles. The lowest BCUT2D eigenvalue weighted by Crippen LogP contribution is -2.15. The Morgan fingerprint density at radius 1 is 1.14 bits per heavy atom. The molecule has 1 aromatic carbocycles. The van der Waals surface area contributed by atoms with Gasteiger partial charge in [-0.05, 0) is 49.4 Å². The molecule has 3 rings (SSSR count). The van der Waals surface area contributed by atoms with Gasteiger partial charge in [0.2, 0.25) is 0 Å². The molecule has 1 aliphatic rings. The zero-order valence-corrected chi connectivity index (χ0v) is 13.1. The fourth-order valence-corrected chi connectivity index (χ4v) is 3.68. The highest BCUT2D eigenvalue weighted by Crippen LogP contribution is 2.31. The molecule has 3 heteroatoms. The molecule has 0 saturated heterocycles. The quantitative estimate of drug-likeness (QED) is 0.653. The zero-order valence-electron chi connectivity index (χ0n) is 13.1. The van der Waals surface area contributed by atoms with Crippen LogP contribution in [0.5, 0.6) is 0 Å². The Kier molecular flexibility index (Phi) is 4.11. The topological polar surface area (TPSA) is 50.9 Å². The number of nitrogen functional groups attached to an aromatic ring is 1. The van der Waals surface area contributed by atoms with Gasteiger partial charge in [-0.3, -0.25) is 0 Å². The Balaban J connectivity index is 2.00. The summed E-state index contributed by atoms with van der Waals surface area (Å²) < 4.78 is 0. The van der Waals surface area contributed by atoms with E-state index in [0.29, 0.717) is 0 Å². The number of hydrogen-bond acceptors (Lipinski definition) is 3. The van der Waals surface area contributed by atoms with Gasteiger partial charge in [-0.15, -0.1) is 0 Å². The first-order chi connectivity index (χ1) is 10.2. The number of pyridine rings is 1. The van der Waals surface area contributed by atoms with Crippen molar-refractivity contribution in [3.05, 3.63) is 34.9 Å². The van der Waals surface area contributed by atoms with Crippen molar-refractivity contribution in [3.63, 3.8) is 0 Å². The fourth-order valence-electron chi connectivity index (χ4n) is 3.68. The van der Waals surface area contributed by atoms with Crippen molar-refractivity contribution in [1.29, 1.82) is 0 Å². The average Bonchev–Trinajstić information content (AvgIpc) is 2.47. The van der Waals surface area contributed by atoms with Gasteiger partial charge >= 0.3 is 0 Å². The summed E-state index contributed by atoms with van der Waals surface area (Å²) in [5.41, 5.74) is 7.63. The van der Waals surface area contributed by atoms with Gasteiger partial charge in [0.05, 0.1) is 5.52 Å². The number of fused-ring (bicyclic) bond motifs is 1. The molecule has 0 spiro atoms. The second-order valence-corrected chi connectivity index (χ2v) is 6.50. The average molecular weight is 283 g/mol. The molecule has 1 aromatic heterocycles. The molecule has 21 heavy (non-hydrogen) atoms. The van der Waals surface area contributed by atoms with Gasteiger partial charge in [0.1, 0.15) is 5.82 Å². The van der Waals surface area contributed by atoms with Gasteiger partial charge in [-0.25, -0.2) is 10.8 Å². The maximum atomic E-state index is 5.71. The monoisotopic (exact) mass is 283 g/mol. The Labute approximate surface area is 126 Å². The number of aromatic nitrogens is 1. The van der Waals surface area contributed by atoms with Gasteiger partial charge < -0.3 is 5.43 Å². The number of rotatable bonds is 3. The predicted molar refractivity (Wildman–Crippen MR) is 89.3 cm³/mol. The number of anilines is 1. The van der Waals surface area contributed by atoms with Gasteiger partial charge in [0.15, 0.2) is 0 Å². The maximum absolute atomic E-state index is 5.71. The van der Waals surface area contributed by atoms with E-state index in [9.17, 15) is 0 Å². The molecule has 112 valence electrons. The third-order valence-corrected chi connectivity index (χ3v) is 4.70. The van der Waals surface area contributed by atoms with E-state index in [-0.39, 0.29) is 0 Å². The van der Waals surface area contributed by atoms with Crippen LogP contribution in [-0.2, 0) is 6.42 Å². The molecule has 1 fully saturated rings. The standard InChI is InChI=1S/C18H25N3/c1-12-8-13(2)17-15(9-12)11-16(18(20-17)21-19)10-14-6-4-3-5-7-14/h8-9,11,14H,3-7,10,19H2,1-2H3,(H,20,21). The molecule has 0 radical (unpaired) electrons. The first kappa shape index (κ1) is 14.3. The van der Waals surface area contributed by atoms with E-state index >= 15 is 0 Å². The van der Waals surface area contributed by atoms with Crippen LogP contribution in [0.4, 0.5) is 5.82 Å². The van der Waals surface area contributed by atoms with Crippen LogP contribution in [0.15, 0.2) is 18.2 Å². The third kappa shape index (κ3) is 3.03. The third-order valence-electron chi connectivity index (χ3n) is 4.70. The zero-order chi connectivity index (χ0) is 14.8. The van der Waals surface area contributed by atoms with Crippen molar-refractivity contribution < 1.29 is 0 Å². The molecule has 0 unspecified atom stereocenters. The molecule has 3 N–H and O–H groups in total. The van der Waals surface area contributed by atoms with Crippen molar-refractivity contribution in [2.24, 2.45) is 11.8 Å². The van der Waals surface area contributed by atoms with Gasteiger partial charge in [0, 0.05) is 5.39 Å². The van der Waals surface area contributed by atoms with E-state index in [0.717, 1.165) is 23.7 Å². The number of aryl methyl sites for hydroxylation is 2. The van der Waals surface area contributed by atoms with Crippen molar-refractivity contribution in [2.45, 2.75) is 52.4 Å². The summed E-state index contributed by atoms with van der Waals surface area (Å²) in [6.07, 6.45) is 7.91. The fraction of sp³-hybridized carbons (Fsp3) is 0.500. The lowest BCUT2D eigenvalue weighted by atomic mass is 9.84. The van der Waals surface area contributed by atoms with Crippen molar-refractivity contribution >= 4 is 16.7 Å². The van der Waals surface area contributed by atoms with Crippen molar-refractivity contribution in [2.75, 3.05) is 5.43 Å². The first-order valence-corrected chi connectivity index (χ1v) is 8.05. The van der Waals surface area contributed by atoms with Crippen LogP contribution in [0.25, 0.3) is 10.9 Å². The number of nitrogens with one attached hydrogen (secondary N) is 1. The number of hydrogen-bond donors (Lipinski definition) is 2. The largest absolute Gasteiger partial charge is 0.308 e. The summed E-state index contributed by atoms with van der Waals surface area (Å²) in [5.74, 6) is 7.35. The van der Waals surface area contributed by atoms with Gasteiger partial charge in [0.25, 0.3) is 0 Å². The number of nitrogens with two attached hydrogens (primary N) is 1. The minimum absolute atomic E-state index is 0.788. The lowest BCUT2D eigenvalue weighted by molar-refractivity contribution is 0.357. The number of nitrogens with zero attached hydrogens (tertiary/aromatic N) is 1. The van der Waals surface area contributed by atoms with E-state index in [2.05, 4.69) is 37.5 Å². The first-order valence-electron chi connectivity index (χ1n) is 8.05. The second-order valence-electron chi connectivity index (χ2n) is 6.50. The van der Waals surface area contributed by atoms with E-state index in [1.807, 2.05) is 0 Å². The molecule has 0 bridgehead atoms. The minimum atomic E-state index is 0.788. The highest BCUT2D eigenvalue weighted by molar-refractivity contribution is 5.85. The summed E-state index contributed by atoms with van der Waals surface area (Å²) in [4.78, 5) is 4.76. The molecule has 3 nitrogen and oxygen atoms in total. The van der Waals surface area contributed by atoms with Crippen LogP contribution >= 0.6 is 0 Å². The summed E-state index contributed by atoms with van der Waals surface area (Å²) >= 11 is 0. The lowest BCUT2D eigenvalue weighted by Gasteiger charge is -2.22.